The van der Waals surface area contributed by atoms with Crippen molar-refractivity contribution in [1.29, 1.82) is 0 Å². The van der Waals surface area contributed by atoms with E-state index in [0.29, 0.717) is 11.5 Å². The number of halogens is 9. The van der Waals surface area contributed by atoms with Crippen LogP contribution in [-0.2, 0) is 12.4 Å². The van der Waals surface area contributed by atoms with Crippen LogP contribution in [0.1, 0.15) is 11.1 Å². The molecule has 4 aromatic carbocycles. The van der Waals surface area contributed by atoms with Crippen molar-refractivity contribution in [3.63, 3.8) is 0 Å². The summed E-state index contributed by atoms with van der Waals surface area (Å²) in [5.41, 5.74) is -3.35. The van der Waals surface area contributed by atoms with E-state index in [1.54, 1.807) is 0 Å². The molecule has 0 bridgehead atoms. The van der Waals surface area contributed by atoms with Crippen LogP contribution < -0.4 is 0 Å². The van der Waals surface area contributed by atoms with Crippen molar-refractivity contribution in [3.8, 4) is 11.1 Å². The van der Waals surface area contributed by atoms with Crippen molar-refractivity contribution in [2.45, 2.75) is 12.4 Å². The molecule has 4 aromatic rings. The van der Waals surface area contributed by atoms with Gasteiger partial charge in [-0.1, -0.05) is 30.3 Å². The molecule has 0 aliphatic heterocycles. The van der Waals surface area contributed by atoms with Gasteiger partial charge in [-0.2, -0.15) is 26.3 Å². The molecule has 0 aromatic heterocycles. The van der Waals surface area contributed by atoms with E-state index in [9.17, 15) is 39.5 Å². The molecule has 0 amide bonds. The molecule has 0 atom stereocenters. The second-order valence-electron chi connectivity index (χ2n) is 6.83. The van der Waals surface area contributed by atoms with E-state index in [2.05, 4.69) is 0 Å². The topological polar surface area (TPSA) is 0 Å². The molecule has 0 N–H and O–H groups in total. The number of rotatable bonds is 1. The molecule has 0 unspecified atom stereocenters. The van der Waals surface area contributed by atoms with Crippen LogP contribution >= 0.6 is 0 Å². The van der Waals surface area contributed by atoms with Gasteiger partial charge < -0.3 is 0 Å². The lowest BCUT2D eigenvalue weighted by molar-refractivity contribution is -0.161. The summed E-state index contributed by atoms with van der Waals surface area (Å²) in [6, 6.07) is 9.02. The van der Waals surface area contributed by atoms with Gasteiger partial charge in [-0.25, -0.2) is 13.2 Å². The zero-order chi connectivity index (χ0) is 22.7. The van der Waals surface area contributed by atoms with Crippen LogP contribution in [0, 0.1) is 17.5 Å². The summed E-state index contributed by atoms with van der Waals surface area (Å²) < 4.78 is 120. The SMILES string of the molecule is Fc1cc(-c2ccc3c(ccc4c(C(F)(F)F)c(C(F)(F)F)ccc43)c2)cc(F)c1F. The van der Waals surface area contributed by atoms with Gasteiger partial charge in [-0.3, -0.25) is 0 Å². The predicted octanol–water partition coefficient (Wildman–Crippen LogP) is 8.11. The fraction of sp³-hybridized carbons (Fsp3) is 0.0909. The summed E-state index contributed by atoms with van der Waals surface area (Å²) in [4.78, 5) is 0. The fourth-order valence-electron chi connectivity index (χ4n) is 3.59. The average Bonchev–Trinajstić information content (AvgIpc) is 2.68. The van der Waals surface area contributed by atoms with Gasteiger partial charge in [0.2, 0.25) is 0 Å². The molecule has 0 radical (unpaired) electrons. The first kappa shape index (κ1) is 21.0. The van der Waals surface area contributed by atoms with E-state index in [1.165, 1.54) is 24.3 Å². The van der Waals surface area contributed by atoms with Crippen molar-refractivity contribution in [2.75, 3.05) is 0 Å². The number of benzene rings is 4. The lowest BCUT2D eigenvalue weighted by Gasteiger charge is -2.18. The Bertz CT molecular complexity index is 1310. The quantitative estimate of drug-likeness (QED) is 0.158. The molecule has 4 rings (SSSR count). The third-order valence-corrected chi connectivity index (χ3v) is 4.92. The Morgan fingerprint density at radius 3 is 1.68 bits per heavy atom. The molecule has 0 aliphatic rings. The molecule has 0 saturated heterocycles. The summed E-state index contributed by atoms with van der Waals surface area (Å²) in [6.45, 7) is 0. The molecule has 9 heteroatoms. The van der Waals surface area contributed by atoms with Gasteiger partial charge in [0.15, 0.2) is 17.5 Å². The molecule has 0 heterocycles. The second-order valence-corrected chi connectivity index (χ2v) is 6.83. The normalized spacial score (nSPS) is 12.7. The van der Waals surface area contributed by atoms with Crippen LogP contribution in [0.4, 0.5) is 39.5 Å². The van der Waals surface area contributed by atoms with Crippen LogP contribution in [0.3, 0.4) is 0 Å². The van der Waals surface area contributed by atoms with Crippen molar-refractivity contribution >= 4 is 21.5 Å². The largest absolute Gasteiger partial charge is 0.417 e. The smallest absolute Gasteiger partial charge is 0.204 e. The molecule has 0 spiro atoms. The zero-order valence-electron chi connectivity index (χ0n) is 15.1. The first-order chi connectivity index (χ1) is 14.4. The first-order valence-electron chi connectivity index (χ1n) is 8.66. The van der Waals surface area contributed by atoms with Gasteiger partial charge in [-0.15, -0.1) is 0 Å². The molecule has 0 aliphatic carbocycles. The minimum atomic E-state index is -5.25. The van der Waals surface area contributed by atoms with E-state index in [1.807, 2.05) is 0 Å². The highest BCUT2D eigenvalue weighted by molar-refractivity contribution is 6.09. The van der Waals surface area contributed by atoms with E-state index in [0.717, 1.165) is 24.3 Å². The van der Waals surface area contributed by atoms with Crippen LogP contribution in [0.5, 0.6) is 0 Å². The maximum Gasteiger partial charge on any atom is 0.417 e. The first-order valence-corrected chi connectivity index (χ1v) is 8.66. The van der Waals surface area contributed by atoms with Crippen LogP contribution in [0.15, 0.2) is 54.6 Å². The van der Waals surface area contributed by atoms with Gasteiger partial charge in [-0.05, 0) is 56.9 Å². The van der Waals surface area contributed by atoms with Crippen LogP contribution in [0.2, 0.25) is 0 Å². The number of alkyl halides is 6. The summed E-state index contributed by atoms with van der Waals surface area (Å²) in [5, 5.41) is -0.158. The van der Waals surface area contributed by atoms with Gasteiger partial charge >= 0.3 is 12.4 Å². The predicted molar refractivity (Wildman–Crippen MR) is 96.8 cm³/mol. The van der Waals surface area contributed by atoms with E-state index < -0.39 is 46.3 Å². The maximum atomic E-state index is 13.5. The van der Waals surface area contributed by atoms with E-state index >= 15 is 0 Å². The molecule has 0 nitrogen and oxygen atoms in total. The lowest BCUT2D eigenvalue weighted by Crippen LogP contribution is -2.17. The van der Waals surface area contributed by atoms with Gasteiger partial charge in [0.05, 0.1) is 11.1 Å². The summed E-state index contributed by atoms with van der Waals surface area (Å²) in [7, 11) is 0. The van der Waals surface area contributed by atoms with Crippen LogP contribution in [-0.4, -0.2) is 0 Å². The Kier molecular flexibility index (Phi) is 4.68. The minimum absolute atomic E-state index is 0.0122. The minimum Gasteiger partial charge on any atom is -0.204 e. The third kappa shape index (κ3) is 3.58. The maximum absolute atomic E-state index is 13.5. The summed E-state index contributed by atoms with van der Waals surface area (Å²) in [6.07, 6.45) is -10.4. The zero-order valence-corrected chi connectivity index (χ0v) is 15.1. The monoisotopic (exact) mass is 444 g/mol. The van der Waals surface area contributed by atoms with Crippen molar-refractivity contribution in [2.24, 2.45) is 0 Å². The second kappa shape index (κ2) is 6.90. The Labute approximate surface area is 168 Å². The van der Waals surface area contributed by atoms with Crippen molar-refractivity contribution in [1.82, 2.24) is 0 Å². The summed E-state index contributed by atoms with van der Waals surface area (Å²) in [5.74, 6) is -4.47. The van der Waals surface area contributed by atoms with Crippen molar-refractivity contribution < 1.29 is 39.5 Å². The Morgan fingerprint density at radius 1 is 0.516 bits per heavy atom. The third-order valence-electron chi connectivity index (χ3n) is 4.92. The van der Waals surface area contributed by atoms with Crippen LogP contribution in [0.25, 0.3) is 32.7 Å². The Morgan fingerprint density at radius 2 is 1.10 bits per heavy atom. The molecular weight excluding hydrogens is 435 g/mol. The molecular formula is C22H9F9. The Balaban J connectivity index is 1.98. The van der Waals surface area contributed by atoms with Gasteiger partial charge in [0.1, 0.15) is 0 Å². The molecule has 0 saturated carbocycles. The van der Waals surface area contributed by atoms with Gasteiger partial charge in [0, 0.05) is 0 Å². The van der Waals surface area contributed by atoms with E-state index in [-0.39, 0.29) is 21.9 Å². The molecule has 160 valence electrons. The average molecular weight is 444 g/mol. The standard InChI is InChI=1S/C22H9F9/c23-17-8-12(9-18(24)20(17)25)10-1-3-13-11(7-10)2-4-15-14(13)5-6-16(21(26,27)28)19(15)22(29,30)31/h1-9H. The van der Waals surface area contributed by atoms with Crippen molar-refractivity contribution in [3.05, 3.63) is 83.2 Å². The number of hydrogen-bond acceptors (Lipinski definition) is 0. The summed E-state index contributed by atoms with van der Waals surface area (Å²) >= 11 is 0. The molecule has 0 fully saturated rings. The number of fused-ring (bicyclic) bond motifs is 3. The van der Waals surface area contributed by atoms with E-state index in [4.69, 9.17) is 0 Å². The fourth-order valence-corrected chi connectivity index (χ4v) is 3.59. The lowest BCUT2D eigenvalue weighted by atomic mass is 9.92. The highest BCUT2D eigenvalue weighted by Crippen LogP contribution is 2.45. The highest BCUT2D eigenvalue weighted by atomic mass is 19.4. The highest BCUT2D eigenvalue weighted by Gasteiger charge is 2.44. The Hall–Kier alpha value is -3.23. The molecule has 31 heavy (non-hydrogen) atoms. The number of hydrogen-bond donors (Lipinski definition) is 0. The van der Waals surface area contributed by atoms with Gasteiger partial charge in [0.25, 0.3) is 0 Å².